The third-order valence-corrected chi connectivity index (χ3v) is 6.67. The molecule has 0 unspecified atom stereocenters. The maximum absolute atomic E-state index is 10.6. The van der Waals surface area contributed by atoms with E-state index in [4.69, 9.17) is 4.74 Å². The van der Waals surface area contributed by atoms with Gasteiger partial charge in [0, 0.05) is 37.0 Å². The molecule has 0 spiro atoms. The SMILES string of the molecule is COc1ccc2c(C)sc(C)c2c1.Cc1sc(C)c2cc([N+](=O)[O-])ccc12. The summed E-state index contributed by atoms with van der Waals surface area (Å²) in [6, 6.07) is 11.3. The van der Waals surface area contributed by atoms with Crippen LogP contribution in [0.15, 0.2) is 36.4 Å². The zero-order chi connectivity index (χ0) is 19.7. The van der Waals surface area contributed by atoms with Crippen molar-refractivity contribution in [3.8, 4) is 5.75 Å². The molecule has 4 rings (SSSR count). The molecule has 0 atom stereocenters. The monoisotopic (exact) mass is 399 g/mol. The molecule has 140 valence electrons. The van der Waals surface area contributed by atoms with E-state index in [1.807, 2.05) is 37.3 Å². The van der Waals surface area contributed by atoms with Crippen molar-refractivity contribution < 1.29 is 9.66 Å². The minimum absolute atomic E-state index is 0.165. The van der Waals surface area contributed by atoms with Gasteiger partial charge in [0.2, 0.25) is 0 Å². The highest BCUT2D eigenvalue weighted by Crippen LogP contribution is 2.33. The fourth-order valence-electron chi connectivity index (χ4n) is 3.17. The maximum Gasteiger partial charge on any atom is 0.270 e. The number of benzene rings is 2. The Morgan fingerprint density at radius 2 is 1.26 bits per heavy atom. The Kier molecular flexibility index (Phi) is 5.48. The van der Waals surface area contributed by atoms with Crippen molar-refractivity contribution in [1.82, 2.24) is 0 Å². The lowest BCUT2D eigenvalue weighted by molar-refractivity contribution is -0.384. The molecule has 2 heterocycles. The van der Waals surface area contributed by atoms with Gasteiger partial charge in [-0.1, -0.05) is 0 Å². The van der Waals surface area contributed by atoms with E-state index in [1.54, 1.807) is 30.6 Å². The molecule has 0 aliphatic heterocycles. The minimum Gasteiger partial charge on any atom is -0.497 e. The summed E-state index contributed by atoms with van der Waals surface area (Å²) < 4.78 is 5.19. The van der Waals surface area contributed by atoms with E-state index in [1.165, 1.54) is 25.4 Å². The lowest BCUT2D eigenvalue weighted by Gasteiger charge is -1.99. The number of methoxy groups -OCH3 is 1. The Balaban J connectivity index is 0.000000156. The third kappa shape index (κ3) is 3.82. The number of non-ortho nitro benzene ring substituents is 1. The van der Waals surface area contributed by atoms with E-state index >= 15 is 0 Å². The molecule has 0 fully saturated rings. The number of hydrogen-bond donors (Lipinski definition) is 0. The largest absolute Gasteiger partial charge is 0.497 e. The fraction of sp³-hybridized carbons (Fsp3) is 0.238. The van der Waals surface area contributed by atoms with Crippen molar-refractivity contribution in [3.05, 3.63) is 66.0 Å². The van der Waals surface area contributed by atoms with Gasteiger partial charge < -0.3 is 4.74 Å². The molecule has 0 N–H and O–H groups in total. The van der Waals surface area contributed by atoms with Crippen LogP contribution >= 0.6 is 22.7 Å². The van der Waals surface area contributed by atoms with Crippen molar-refractivity contribution >= 4 is 49.9 Å². The molecule has 0 saturated carbocycles. The van der Waals surface area contributed by atoms with Gasteiger partial charge in [0.05, 0.1) is 12.0 Å². The average molecular weight is 400 g/mol. The number of nitro benzene ring substituents is 1. The average Bonchev–Trinajstić information content (AvgIpc) is 3.10. The Bertz CT molecular complexity index is 1140. The van der Waals surface area contributed by atoms with E-state index in [-0.39, 0.29) is 10.6 Å². The normalized spacial score (nSPS) is 10.7. The Labute approximate surface area is 166 Å². The number of thiophene rings is 2. The molecule has 0 bridgehead atoms. The summed E-state index contributed by atoms with van der Waals surface area (Å²) in [7, 11) is 1.70. The number of nitro groups is 1. The molecule has 0 saturated heterocycles. The predicted octanol–water partition coefficient (Wildman–Crippen LogP) is 6.95. The van der Waals surface area contributed by atoms with Gasteiger partial charge in [-0.05, 0) is 68.1 Å². The van der Waals surface area contributed by atoms with Crippen LogP contribution in [0, 0.1) is 37.8 Å². The van der Waals surface area contributed by atoms with E-state index in [0.29, 0.717) is 0 Å². The third-order valence-electron chi connectivity index (χ3n) is 4.57. The molecular weight excluding hydrogens is 378 g/mol. The van der Waals surface area contributed by atoms with E-state index in [2.05, 4.69) is 26.0 Å². The molecule has 0 aliphatic carbocycles. The zero-order valence-corrected chi connectivity index (χ0v) is 17.6. The molecule has 0 amide bonds. The van der Waals surface area contributed by atoms with Gasteiger partial charge in [0.25, 0.3) is 5.69 Å². The zero-order valence-electron chi connectivity index (χ0n) is 16.0. The lowest BCUT2D eigenvalue weighted by atomic mass is 10.1. The number of rotatable bonds is 2. The van der Waals surface area contributed by atoms with E-state index in [9.17, 15) is 10.1 Å². The van der Waals surface area contributed by atoms with Crippen molar-refractivity contribution in [2.45, 2.75) is 27.7 Å². The van der Waals surface area contributed by atoms with E-state index in [0.717, 1.165) is 21.4 Å². The molecular formula is C21H21NO3S2. The highest BCUT2D eigenvalue weighted by molar-refractivity contribution is 7.14. The van der Waals surface area contributed by atoms with Crippen LogP contribution < -0.4 is 4.74 Å². The first kappa shape index (κ1) is 19.3. The van der Waals surface area contributed by atoms with Crippen LogP contribution in [-0.4, -0.2) is 12.0 Å². The van der Waals surface area contributed by atoms with E-state index < -0.39 is 0 Å². The van der Waals surface area contributed by atoms with Crippen LogP contribution in [0.5, 0.6) is 5.75 Å². The molecule has 4 nitrogen and oxygen atoms in total. The second-order valence-corrected chi connectivity index (χ2v) is 9.19. The molecule has 27 heavy (non-hydrogen) atoms. The summed E-state index contributed by atoms with van der Waals surface area (Å²) in [4.78, 5) is 15.3. The van der Waals surface area contributed by atoms with Crippen molar-refractivity contribution in [2.24, 2.45) is 0 Å². The minimum atomic E-state index is -0.355. The highest BCUT2D eigenvalue weighted by atomic mass is 32.1. The standard InChI is InChI=1S/C11H12OS.C10H9NO2S/c1-7-10-5-4-9(12-3)6-11(10)8(2)13-7;1-6-9-4-3-8(11(12)13)5-10(9)7(2)14-6/h4-6H,1-3H3;3-5H,1-2H3. The molecule has 2 aromatic heterocycles. The van der Waals surface area contributed by atoms with Crippen molar-refractivity contribution in [1.29, 1.82) is 0 Å². The first-order chi connectivity index (χ1) is 12.8. The number of fused-ring (bicyclic) bond motifs is 2. The number of aryl methyl sites for hydroxylation is 4. The Hall–Kier alpha value is -2.44. The van der Waals surface area contributed by atoms with Crippen LogP contribution in [0.2, 0.25) is 0 Å². The highest BCUT2D eigenvalue weighted by Gasteiger charge is 2.10. The van der Waals surface area contributed by atoms with Gasteiger partial charge in [0.1, 0.15) is 5.75 Å². The topological polar surface area (TPSA) is 52.4 Å². The van der Waals surface area contributed by atoms with Crippen LogP contribution in [0.4, 0.5) is 5.69 Å². The molecule has 0 aliphatic rings. The Morgan fingerprint density at radius 1 is 0.778 bits per heavy atom. The first-order valence-electron chi connectivity index (χ1n) is 8.49. The first-order valence-corrected chi connectivity index (χ1v) is 10.1. The maximum atomic E-state index is 10.6. The fourth-order valence-corrected chi connectivity index (χ4v) is 5.22. The molecule has 6 heteroatoms. The quantitative estimate of drug-likeness (QED) is 0.271. The summed E-state index contributed by atoms with van der Waals surface area (Å²) in [5.41, 5.74) is 0.165. The van der Waals surface area contributed by atoms with Gasteiger partial charge in [0.15, 0.2) is 0 Å². The molecule has 4 aromatic rings. The lowest BCUT2D eigenvalue weighted by Crippen LogP contribution is -1.86. The summed E-state index contributed by atoms with van der Waals surface area (Å²) >= 11 is 3.53. The molecule has 2 aromatic carbocycles. The van der Waals surface area contributed by atoms with Crippen LogP contribution in [-0.2, 0) is 0 Å². The Morgan fingerprint density at radius 3 is 1.78 bits per heavy atom. The van der Waals surface area contributed by atoms with Gasteiger partial charge in [-0.25, -0.2) is 0 Å². The smallest absolute Gasteiger partial charge is 0.270 e. The van der Waals surface area contributed by atoms with Gasteiger partial charge in [-0.15, -0.1) is 22.7 Å². The van der Waals surface area contributed by atoms with Crippen LogP contribution in [0.1, 0.15) is 19.5 Å². The van der Waals surface area contributed by atoms with Gasteiger partial charge >= 0.3 is 0 Å². The summed E-state index contributed by atoms with van der Waals surface area (Å²) in [5, 5.41) is 15.4. The van der Waals surface area contributed by atoms with Gasteiger partial charge in [-0.3, -0.25) is 10.1 Å². The van der Waals surface area contributed by atoms with Crippen LogP contribution in [0.3, 0.4) is 0 Å². The van der Waals surface area contributed by atoms with Gasteiger partial charge in [-0.2, -0.15) is 0 Å². The number of ether oxygens (including phenoxy) is 1. The van der Waals surface area contributed by atoms with Crippen LogP contribution in [0.25, 0.3) is 21.5 Å². The second-order valence-electron chi connectivity index (χ2n) is 6.33. The predicted molar refractivity (Wildman–Crippen MR) is 116 cm³/mol. The number of nitrogens with zero attached hydrogens (tertiary/aromatic N) is 1. The summed E-state index contributed by atoms with van der Waals surface area (Å²) in [6.07, 6.45) is 0. The van der Waals surface area contributed by atoms with Crippen molar-refractivity contribution in [2.75, 3.05) is 7.11 Å². The summed E-state index contributed by atoms with van der Waals surface area (Å²) in [6.45, 7) is 8.33. The van der Waals surface area contributed by atoms with Crippen molar-refractivity contribution in [3.63, 3.8) is 0 Å². The molecule has 0 radical (unpaired) electrons. The number of hydrogen-bond acceptors (Lipinski definition) is 5. The summed E-state index contributed by atoms with van der Waals surface area (Å²) in [5.74, 6) is 0.938. The second kappa shape index (κ2) is 7.66.